The zero-order valence-corrected chi connectivity index (χ0v) is 14.3. The topological polar surface area (TPSA) is 37.6 Å². The highest BCUT2D eigenvalue weighted by Gasteiger charge is 2.26. The predicted molar refractivity (Wildman–Crippen MR) is 89.1 cm³/mol. The molecule has 0 unspecified atom stereocenters. The van der Waals surface area contributed by atoms with Gasteiger partial charge in [0.2, 0.25) is 0 Å². The molecule has 1 aliphatic rings. The fraction of sp³-hybridized carbons (Fsp3) is 0.500. The number of aromatic nitrogens is 2. The molecular formula is C16H20BrN3O. The van der Waals surface area contributed by atoms with Crippen LogP contribution in [0.4, 0.5) is 5.82 Å². The molecular weight excluding hydrogens is 330 g/mol. The van der Waals surface area contributed by atoms with Crippen LogP contribution < -0.4 is 10.5 Å². The highest BCUT2D eigenvalue weighted by molar-refractivity contribution is 9.10. The summed E-state index contributed by atoms with van der Waals surface area (Å²) in [5, 5.41) is 0. The van der Waals surface area contributed by atoms with E-state index < -0.39 is 0 Å². The molecule has 3 rings (SSSR count). The monoisotopic (exact) mass is 349 g/mol. The van der Waals surface area contributed by atoms with Crippen LogP contribution in [0, 0.1) is 12.3 Å². The summed E-state index contributed by atoms with van der Waals surface area (Å²) >= 11 is 3.52. The summed E-state index contributed by atoms with van der Waals surface area (Å²) in [5.74, 6) is 0.792. The van der Waals surface area contributed by atoms with Gasteiger partial charge in [0, 0.05) is 25.4 Å². The van der Waals surface area contributed by atoms with Crippen LogP contribution in [0.25, 0.3) is 5.65 Å². The second-order valence-corrected chi connectivity index (χ2v) is 7.52. The first-order valence-corrected chi connectivity index (χ1v) is 8.10. The van der Waals surface area contributed by atoms with Crippen molar-refractivity contribution in [3.8, 4) is 0 Å². The van der Waals surface area contributed by atoms with Gasteiger partial charge in [0.05, 0.1) is 4.47 Å². The lowest BCUT2D eigenvalue weighted by atomic mass is 9.83. The van der Waals surface area contributed by atoms with E-state index in [1.54, 1.807) is 10.5 Å². The zero-order chi connectivity index (χ0) is 15.2. The molecule has 2 aromatic heterocycles. The summed E-state index contributed by atoms with van der Waals surface area (Å²) in [5.41, 5.74) is 2.09. The minimum absolute atomic E-state index is 0.0239. The number of halogens is 1. The molecule has 0 amide bonds. The Kier molecular flexibility index (Phi) is 3.56. The summed E-state index contributed by atoms with van der Waals surface area (Å²) in [6, 6.07) is 3.64. The molecule has 0 saturated carbocycles. The van der Waals surface area contributed by atoms with Crippen molar-refractivity contribution < 1.29 is 0 Å². The van der Waals surface area contributed by atoms with Crippen LogP contribution in [0.2, 0.25) is 0 Å². The maximum atomic E-state index is 12.3. The quantitative estimate of drug-likeness (QED) is 0.791. The average molecular weight is 350 g/mol. The Bertz CT molecular complexity index is 741. The number of nitrogens with zero attached hydrogens (tertiary/aromatic N) is 3. The third kappa shape index (κ3) is 2.84. The van der Waals surface area contributed by atoms with Crippen LogP contribution >= 0.6 is 15.9 Å². The second kappa shape index (κ2) is 5.13. The van der Waals surface area contributed by atoms with Crippen LogP contribution in [0.5, 0.6) is 0 Å². The van der Waals surface area contributed by atoms with E-state index in [0.29, 0.717) is 11.1 Å². The molecule has 2 aromatic rings. The molecule has 0 aliphatic carbocycles. The molecule has 0 aromatic carbocycles. The average Bonchev–Trinajstić information content (AvgIpc) is 2.40. The molecule has 0 radical (unpaired) electrons. The van der Waals surface area contributed by atoms with Crippen LogP contribution in [0.1, 0.15) is 32.3 Å². The van der Waals surface area contributed by atoms with Gasteiger partial charge in [0.1, 0.15) is 5.82 Å². The molecule has 4 nitrogen and oxygen atoms in total. The molecule has 5 heteroatoms. The molecule has 0 spiro atoms. The van der Waals surface area contributed by atoms with Crippen LogP contribution in [0.15, 0.2) is 27.6 Å². The van der Waals surface area contributed by atoms with Crippen molar-refractivity contribution in [3.63, 3.8) is 0 Å². The number of anilines is 1. The molecule has 112 valence electrons. The molecule has 0 atom stereocenters. The molecule has 21 heavy (non-hydrogen) atoms. The summed E-state index contributed by atoms with van der Waals surface area (Å²) in [7, 11) is 0. The fourth-order valence-corrected chi connectivity index (χ4v) is 3.42. The lowest BCUT2D eigenvalue weighted by Crippen LogP contribution is -2.38. The molecule has 1 fully saturated rings. The third-order valence-corrected chi connectivity index (χ3v) is 4.86. The third-order valence-electron chi connectivity index (χ3n) is 4.28. The Morgan fingerprint density at radius 1 is 1.24 bits per heavy atom. The Labute approximate surface area is 132 Å². The van der Waals surface area contributed by atoms with Crippen molar-refractivity contribution in [3.05, 3.63) is 38.7 Å². The van der Waals surface area contributed by atoms with E-state index in [9.17, 15) is 4.79 Å². The van der Waals surface area contributed by atoms with Gasteiger partial charge in [-0.1, -0.05) is 13.8 Å². The van der Waals surface area contributed by atoms with Gasteiger partial charge in [-0.2, -0.15) is 0 Å². The van der Waals surface area contributed by atoms with Crippen LogP contribution in [-0.2, 0) is 0 Å². The first-order valence-electron chi connectivity index (χ1n) is 7.30. The highest BCUT2D eigenvalue weighted by Crippen LogP contribution is 2.31. The van der Waals surface area contributed by atoms with Crippen molar-refractivity contribution in [1.82, 2.24) is 9.38 Å². The maximum absolute atomic E-state index is 12.3. The standard InChI is InChI=1S/C16H20BrN3O/c1-11-8-12(17)15-18-13(9-14(21)20(15)10-11)19-6-4-16(2,3)5-7-19/h8-10H,4-7H2,1-3H3. The Morgan fingerprint density at radius 3 is 2.57 bits per heavy atom. The largest absolute Gasteiger partial charge is 0.356 e. The lowest BCUT2D eigenvalue weighted by molar-refractivity contribution is 0.279. The first kappa shape index (κ1) is 14.6. The molecule has 0 bridgehead atoms. The Balaban J connectivity index is 2.04. The van der Waals surface area contributed by atoms with Gasteiger partial charge in [-0.3, -0.25) is 9.20 Å². The van der Waals surface area contributed by atoms with Crippen LogP contribution in [0.3, 0.4) is 0 Å². The van der Waals surface area contributed by atoms with Crippen LogP contribution in [-0.4, -0.2) is 22.5 Å². The summed E-state index contributed by atoms with van der Waals surface area (Å²) in [4.78, 5) is 19.3. The number of hydrogen-bond donors (Lipinski definition) is 0. The van der Waals surface area contributed by atoms with Crippen molar-refractivity contribution in [1.29, 1.82) is 0 Å². The van der Waals surface area contributed by atoms with E-state index in [2.05, 4.69) is 34.7 Å². The molecule has 0 N–H and O–H groups in total. The fourth-order valence-electron chi connectivity index (χ4n) is 2.78. The van der Waals surface area contributed by atoms with E-state index in [1.807, 2.05) is 19.2 Å². The van der Waals surface area contributed by atoms with Crippen molar-refractivity contribution in [2.45, 2.75) is 33.6 Å². The molecule has 3 heterocycles. The predicted octanol–water partition coefficient (Wildman–Crippen LogP) is 3.39. The minimum atomic E-state index is -0.0239. The smallest absolute Gasteiger partial charge is 0.259 e. The number of rotatable bonds is 1. The summed E-state index contributed by atoms with van der Waals surface area (Å²) < 4.78 is 2.47. The molecule has 1 aliphatic heterocycles. The highest BCUT2D eigenvalue weighted by atomic mass is 79.9. The second-order valence-electron chi connectivity index (χ2n) is 6.66. The van der Waals surface area contributed by atoms with E-state index in [0.717, 1.165) is 41.8 Å². The number of hydrogen-bond acceptors (Lipinski definition) is 3. The summed E-state index contributed by atoms with van der Waals surface area (Å²) in [6.07, 6.45) is 4.09. The van der Waals surface area contributed by atoms with Crippen molar-refractivity contribution in [2.24, 2.45) is 5.41 Å². The van der Waals surface area contributed by atoms with Gasteiger partial charge in [0.15, 0.2) is 5.65 Å². The summed E-state index contributed by atoms with van der Waals surface area (Å²) in [6.45, 7) is 8.48. The number of fused-ring (bicyclic) bond motifs is 1. The van der Waals surface area contributed by atoms with E-state index >= 15 is 0 Å². The maximum Gasteiger partial charge on any atom is 0.259 e. The zero-order valence-electron chi connectivity index (χ0n) is 12.7. The Hall–Kier alpha value is -1.36. The SMILES string of the molecule is Cc1cc(Br)c2nc(N3CCC(C)(C)CC3)cc(=O)n2c1. The normalized spacial score (nSPS) is 18.2. The van der Waals surface area contributed by atoms with Gasteiger partial charge < -0.3 is 4.90 Å². The number of aryl methyl sites for hydroxylation is 1. The van der Waals surface area contributed by atoms with Gasteiger partial charge in [-0.05, 0) is 52.7 Å². The van der Waals surface area contributed by atoms with E-state index in [1.165, 1.54) is 0 Å². The van der Waals surface area contributed by atoms with Gasteiger partial charge in [-0.15, -0.1) is 0 Å². The Morgan fingerprint density at radius 2 is 1.90 bits per heavy atom. The van der Waals surface area contributed by atoms with E-state index in [4.69, 9.17) is 4.98 Å². The number of piperidine rings is 1. The first-order chi connectivity index (χ1) is 9.85. The van der Waals surface area contributed by atoms with E-state index in [-0.39, 0.29) is 5.56 Å². The molecule has 1 saturated heterocycles. The van der Waals surface area contributed by atoms with Gasteiger partial charge in [0.25, 0.3) is 5.56 Å². The van der Waals surface area contributed by atoms with Crippen molar-refractivity contribution >= 4 is 27.4 Å². The lowest BCUT2D eigenvalue weighted by Gasteiger charge is -2.37. The van der Waals surface area contributed by atoms with Crippen molar-refractivity contribution in [2.75, 3.05) is 18.0 Å². The number of pyridine rings is 1. The van der Waals surface area contributed by atoms with Gasteiger partial charge >= 0.3 is 0 Å². The van der Waals surface area contributed by atoms with Gasteiger partial charge in [-0.25, -0.2) is 4.98 Å². The minimum Gasteiger partial charge on any atom is -0.356 e.